The molecule has 3 aromatic rings. The summed E-state index contributed by atoms with van der Waals surface area (Å²) in [6.07, 6.45) is -5.44. The minimum atomic E-state index is -4.23. The Kier molecular flexibility index (Phi) is 9.40. The van der Waals surface area contributed by atoms with Gasteiger partial charge in [0.2, 0.25) is 5.28 Å². The van der Waals surface area contributed by atoms with Crippen molar-refractivity contribution in [3.8, 4) is 0 Å². The van der Waals surface area contributed by atoms with Crippen LogP contribution in [0.2, 0.25) is 5.28 Å². The summed E-state index contributed by atoms with van der Waals surface area (Å²) in [5.41, 5.74) is 7.72. The van der Waals surface area contributed by atoms with Crippen LogP contribution >= 0.6 is 19.3 Å². The Hall–Kier alpha value is -2.71. The predicted molar refractivity (Wildman–Crippen MR) is 143 cm³/mol. The maximum absolute atomic E-state index is 15.2. The molecular formula is C24H31ClFN6O7P. The highest BCUT2D eigenvalue weighted by Gasteiger charge is 2.47. The first kappa shape index (κ1) is 30.3. The summed E-state index contributed by atoms with van der Waals surface area (Å²) in [7, 11) is -4.23. The van der Waals surface area contributed by atoms with E-state index in [-0.39, 0.29) is 28.9 Å². The van der Waals surface area contributed by atoms with E-state index in [2.05, 4.69) is 20.0 Å². The third-order valence-corrected chi connectivity index (χ3v) is 7.94. The van der Waals surface area contributed by atoms with Gasteiger partial charge in [-0.25, -0.2) is 19.0 Å². The highest BCUT2D eigenvalue weighted by atomic mass is 35.5. The molecule has 1 aliphatic heterocycles. The van der Waals surface area contributed by atoms with Gasteiger partial charge in [-0.2, -0.15) is 9.97 Å². The molecule has 16 heteroatoms. The molecule has 4 N–H and O–H groups in total. The van der Waals surface area contributed by atoms with E-state index >= 15 is 4.39 Å². The van der Waals surface area contributed by atoms with E-state index < -0.39 is 57.1 Å². The van der Waals surface area contributed by atoms with E-state index in [0.29, 0.717) is 0 Å². The predicted octanol–water partition coefficient (Wildman–Crippen LogP) is 3.24. The number of halogens is 2. The van der Waals surface area contributed by atoms with Gasteiger partial charge in [-0.05, 0) is 50.4 Å². The van der Waals surface area contributed by atoms with Crippen molar-refractivity contribution in [2.75, 3.05) is 12.3 Å². The summed E-state index contributed by atoms with van der Waals surface area (Å²) in [5, 5.41) is 13.0. The van der Waals surface area contributed by atoms with Crippen molar-refractivity contribution in [3.05, 3.63) is 47.0 Å². The number of anilines is 1. The summed E-state index contributed by atoms with van der Waals surface area (Å²) >= 11 is 5.90. The van der Waals surface area contributed by atoms with Crippen molar-refractivity contribution in [1.29, 1.82) is 0 Å². The fraction of sp³-hybridized carbons (Fsp3) is 0.500. The second kappa shape index (κ2) is 12.4. The largest absolute Gasteiger partial charge is 0.462 e. The minimum absolute atomic E-state index is 0.00878. The van der Waals surface area contributed by atoms with E-state index in [4.69, 9.17) is 35.9 Å². The average Bonchev–Trinajstić information content (AvgIpc) is 3.42. The smallest absolute Gasteiger partial charge is 0.406 e. The lowest BCUT2D eigenvalue weighted by Gasteiger charge is -2.25. The molecule has 13 nitrogen and oxygen atoms in total. The molecule has 0 bridgehead atoms. The summed E-state index contributed by atoms with van der Waals surface area (Å²) in [4.78, 5) is 24.3. The first-order valence-corrected chi connectivity index (χ1v) is 14.4. The molecule has 1 unspecified atom stereocenters. The zero-order chi connectivity index (χ0) is 29.2. The van der Waals surface area contributed by atoms with Crippen LogP contribution in [0.5, 0.6) is 0 Å². The fourth-order valence-electron chi connectivity index (χ4n) is 4.00. The lowest BCUT2D eigenvalue weighted by atomic mass is 10.1. The molecule has 1 aromatic carbocycles. The van der Waals surface area contributed by atoms with Crippen LogP contribution in [-0.4, -0.2) is 67.7 Å². The highest BCUT2D eigenvalue weighted by Crippen LogP contribution is 2.47. The molecule has 0 spiro atoms. The Balaban J connectivity index is 1.50. The van der Waals surface area contributed by atoms with Gasteiger partial charge in [0.15, 0.2) is 23.9 Å². The second-order valence-electron chi connectivity index (χ2n) is 9.53. The molecule has 3 heterocycles. The SMILES string of the molecule is Cc1ccccc1CO[P@@](=O)(N[C@@H](C)C(=O)OC(C)C)OC[C@H]1O[C@@H](n2cnc3c(N)nc(Cl)nc32)C(F)[C@@H]1O. The number of fused-ring (bicyclic) bond motifs is 1. The van der Waals surface area contributed by atoms with Gasteiger partial charge in [0.1, 0.15) is 23.8 Å². The van der Waals surface area contributed by atoms with Gasteiger partial charge in [-0.3, -0.25) is 18.4 Å². The number of hydrogen-bond donors (Lipinski definition) is 3. The third-order valence-electron chi connectivity index (χ3n) is 6.11. The van der Waals surface area contributed by atoms with Gasteiger partial charge >= 0.3 is 13.7 Å². The summed E-state index contributed by atoms with van der Waals surface area (Å²) in [5.74, 6) is -0.684. The zero-order valence-electron chi connectivity index (χ0n) is 22.2. The number of nitrogens with one attached hydrogen (secondary N) is 1. The number of esters is 1. The summed E-state index contributed by atoms with van der Waals surface area (Å²) in [6.45, 7) is 5.98. The highest BCUT2D eigenvalue weighted by molar-refractivity contribution is 7.51. The fourth-order valence-corrected chi connectivity index (χ4v) is 5.62. The molecule has 1 saturated heterocycles. The third kappa shape index (κ3) is 6.77. The number of nitrogens with zero attached hydrogens (tertiary/aromatic N) is 4. The molecule has 0 amide bonds. The molecular weight excluding hydrogens is 570 g/mol. The van der Waals surface area contributed by atoms with Crippen LogP contribution in [0.4, 0.5) is 10.2 Å². The van der Waals surface area contributed by atoms with Crippen molar-refractivity contribution in [2.45, 2.75) is 71.1 Å². The maximum atomic E-state index is 15.2. The lowest BCUT2D eigenvalue weighted by Crippen LogP contribution is -2.37. The van der Waals surface area contributed by atoms with Gasteiger partial charge in [0, 0.05) is 0 Å². The average molecular weight is 601 g/mol. The zero-order valence-corrected chi connectivity index (χ0v) is 23.9. The summed E-state index contributed by atoms with van der Waals surface area (Å²) < 4.78 is 52.3. The van der Waals surface area contributed by atoms with Gasteiger partial charge in [0.05, 0.1) is 25.6 Å². The number of ether oxygens (including phenoxy) is 2. The van der Waals surface area contributed by atoms with Crippen LogP contribution in [0.25, 0.3) is 11.2 Å². The van der Waals surface area contributed by atoms with Gasteiger partial charge in [0.25, 0.3) is 0 Å². The number of nitrogens with two attached hydrogens (primary N) is 1. The number of aromatic nitrogens is 4. The number of imidazole rings is 1. The molecule has 0 aliphatic carbocycles. The molecule has 6 atom stereocenters. The van der Waals surface area contributed by atoms with Gasteiger partial charge in [-0.1, -0.05) is 24.3 Å². The number of alkyl halides is 1. The molecule has 1 fully saturated rings. The van der Waals surface area contributed by atoms with Crippen LogP contribution in [0.3, 0.4) is 0 Å². The van der Waals surface area contributed by atoms with Crippen molar-refractivity contribution in [1.82, 2.24) is 24.6 Å². The van der Waals surface area contributed by atoms with Crippen LogP contribution in [0.1, 0.15) is 38.1 Å². The summed E-state index contributed by atoms with van der Waals surface area (Å²) in [6, 6.07) is 6.21. The number of rotatable bonds is 11. The standard InChI is InChI=1S/C24H31ClFN6O7P/c1-12(2)38-23(34)14(4)31-40(35,36-9-15-8-6-5-7-13(15)3)37-10-16-19(33)17(26)22(39-16)32-11-28-18-20(27)29-24(25)30-21(18)32/h5-8,11-12,14,16-17,19,22,33H,9-10H2,1-4H3,(H,31,35)(H2,27,29,30)/t14-,16+,17?,19+,22+,40-/m0/s1. The number of benzene rings is 1. The maximum Gasteiger partial charge on any atom is 0.406 e. The van der Waals surface area contributed by atoms with E-state index in [1.54, 1.807) is 26.0 Å². The first-order valence-electron chi connectivity index (χ1n) is 12.4. The Morgan fingerprint density at radius 1 is 1.30 bits per heavy atom. The van der Waals surface area contributed by atoms with E-state index in [9.17, 15) is 14.5 Å². The number of aliphatic hydroxyl groups excluding tert-OH is 1. The molecule has 1 aliphatic rings. The Bertz CT molecular complexity index is 1410. The number of aryl methyl sites for hydroxylation is 1. The topological polar surface area (TPSA) is 173 Å². The molecule has 2 aromatic heterocycles. The number of nitrogen functional groups attached to an aromatic ring is 1. The number of hydrogen-bond acceptors (Lipinski definition) is 11. The van der Waals surface area contributed by atoms with E-state index in [1.165, 1.54) is 17.8 Å². The second-order valence-corrected chi connectivity index (χ2v) is 11.6. The molecule has 0 saturated carbocycles. The van der Waals surface area contributed by atoms with Crippen molar-refractivity contribution in [3.63, 3.8) is 0 Å². The van der Waals surface area contributed by atoms with Gasteiger partial charge < -0.3 is 20.3 Å². The first-order chi connectivity index (χ1) is 18.9. The Morgan fingerprint density at radius 3 is 2.73 bits per heavy atom. The van der Waals surface area contributed by atoms with Gasteiger partial charge in [-0.15, -0.1) is 0 Å². The minimum Gasteiger partial charge on any atom is -0.462 e. The van der Waals surface area contributed by atoms with Crippen LogP contribution in [-0.2, 0) is 34.5 Å². The normalized spacial score (nSPS) is 23.4. The van der Waals surface area contributed by atoms with Crippen LogP contribution in [0.15, 0.2) is 30.6 Å². The Labute approximate surface area is 234 Å². The van der Waals surface area contributed by atoms with Crippen molar-refractivity contribution >= 4 is 42.3 Å². The number of carbonyl (C=O) groups excluding carboxylic acids is 1. The van der Waals surface area contributed by atoms with Crippen molar-refractivity contribution in [2.24, 2.45) is 0 Å². The van der Waals surface area contributed by atoms with E-state index in [1.807, 2.05) is 19.1 Å². The van der Waals surface area contributed by atoms with Crippen LogP contribution < -0.4 is 10.8 Å². The monoisotopic (exact) mass is 600 g/mol. The van der Waals surface area contributed by atoms with Crippen LogP contribution in [0, 0.1) is 6.92 Å². The Morgan fingerprint density at radius 2 is 2.02 bits per heavy atom. The molecule has 40 heavy (non-hydrogen) atoms. The number of aliphatic hydroxyl groups is 1. The molecule has 0 radical (unpaired) electrons. The number of carbonyl (C=O) groups is 1. The van der Waals surface area contributed by atoms with E-state index in [0.717, 1.165) is 11.1 Å². The molecule has 4 rings (SSSR count). The lowest BCUT2D eigenvalue weighted by molar-refractivity contribution is -0.149. The van der Waals surface area contributed by atoms with Crippen molar-refractivity contribution < 1.29 is 37.4 Å². The molecule has 218 valence electrons. The quantitative estimate of drug-likeness (QED) is 0.167.